The van der Waals surface area contributed by atoms with Crippen LogP contribution in [0.5, 0.6) is 0 Å². The van der Waals surface area contributed by atoms with Gasteiger partial charge >= 0.3 is 6.01 Å². The van der Waals surface area contributed by atoms with E-state index in [1.54, 1.807) is 6.07 Å². The van der Waals surface area contributed by atoms with E-state index in [-0.39, 0.29) is 6.01 Å². The van der Waals surface area contributed by atoms with Crippen LogP contribution >= 0.6 is 12.2 Å². The molecule has 0 bridgehead atoms. The Morgan fingerprint density at radius 1 is 1.33 bits per heavy atom. The minimum Gasteiger partial charge on any atom is -0.404 e. The van der Waals surface area contributed by atoms with Gasteiger partial charge in [0.25, 0.3) is 0 Å². The molecule has 0 spiro atoms. The van der Waals surface area contributed by atoms with Crippen molar-refractivity contribution in [3.63, 3.8) is 0 Å². The van der Waals surface area contributed by atoms with Crippen molar-refractivity contribution in [2.24, 2.45) is 5.73 Å². The molecule has 6 heteroatoms. The fraction of sp³-hybridized carbons (Fsp3) is 0. The summed E-state index contributed by atoms with van der Waals surface area (Å²) in [6.07, 6.45) is 0. The van der Waals surface area contributed by atoms with E-state index < -0.39 is 0 Å². The van der Waals surface area contributed by atoms with Gasteiger partial charge in [0.15, 0.2) is 0 Å². The van der Waals surface area contributed by atoms with Crippen LogP contribution in [0.15, 0.2) is 28.7 Å². The van der Waals surface area contributed by atoms with E-state index in [2.05, 4.69) is 10.2 Å². The number of hydrogen-bond donors (Lipinski definition) is 2. The van der Waals surface area contributed by atoms with Crippen LogP contribution in [0.25, 0.3) is 11.5 Å². The van der Waals surface area contributed by atoms with E-state index in [0.717, 1.165) is 11.1 Å². The third-order valence-electron chi connectivity index (χ3n) is 1.83. The van der Waals surface area contributed by atoms with Crippen molar-refractivity contribution in [2.75, 3.05) is 5.73 Å². The second kappa shape index (κ2) is 3.66. The summed E-state index contributed by atoms with van der Waals surface area (Å²) in [5.41, 5.74) is 12.3. The van der Waals surface area contributed by atoms with Gasteiger partial charge in [-0.25, -0.2) is 0 Å². The first kappa shape index (κ1) is 9.60. The highest BCUT2D eigenvalue weighted by Gasteiger charge is 2.07. The highest BCUT2D eigenvalue weighted by atomic mass is 32.1. The molecule has 1 heterocycles. The maximum Gasteiger partial charge on any atom is 0.313 e. The van der Waals surface area contributed by atoms with Gasteiger partial charge in [-0.05, 0) is 12.1 Å². The molecule has 0 aliphatic rings. The topological polar surface area (TPSA) is 91.0 Å². The van der Waals surface area contributed by atoms with Crippen molar-refractivity contribution in [3.8, 4) is 11.5 Å². The Bertz CT molecular complexity index is 508. The maximum atomic E-state index is 5.51. The molecule has 0 radical (unpaired) electrons. The number of nitrogen functional groups attached to an aromatic ring is 1. The monoisotopic (exact) mass is 220 g/mol. The summed E-state index contributed by atoms with van der Waals surface area (Å²) in [4.78, 5) is 0.323. The summed E-state index contributed by atoms with van der Waals surface area (Å²) in [5.74, 6) is 0.352. The van der Waals surface area contributed by atoms with Crippen LogP contribution in [0, 0.1) is 0 Å². The van der Waals surface area contributed by atoms with E-state index in [0.29, 0.717) is 10.9 Å². The Labute approximate surface area is 91.1 Å². The molecule has 1 aromatic carbocycles. The van der Waals surface area contributed by atoms with Gasteiger partial charge in [0.1, 0.15) is 4.99 Å². The Kier molecular flexibility index (Phi) is 2.34. The zero-order chi connectivity index (χ0) is 10.8. The van der Waals surface area contributed by atoms with Crippen LogP contribution in [-0.4, -0.2) is 15.2 Å². The van der Waals surface area contributed by atoms with Crippen molar-refractivity contribution < 1.29 is 4.42 Å². The highest BCUT2D eigenvalue weighted by Crippen LogP contribution is 2.19. The first-order valence-electron chi connectivity index (χ1n) is 4.16. The lowest BCUT2D eigenvalue weighted by Crippen LogP contribution is -2.08. The largest absolute Gasteiger partial charge is 0.404 e. The lowest BCUT2D eigenvalue weighted by Gasteiger charge is -1.99. The van der Waals surface area contributed by atoms with E-state index >= 15 is 0 Å². The quantitative estimate of drug-likeness (QED) is 0.732. The molecule has 4 N–H and O–H groups in total. The SMILES string of the molecule is NC(=S)c1cccc(-c2nnc(N)o2)c1. The van der Waals surface area contributed by atoms with Crippen LogP contribution in [0.4, 0.5) is 6.01 Å². The second-order valence-electron chi connectivity index (χ2n) is 2.89. The van der Waals surface area contributed by atoms with Crippen LogP contribution < -0.4 is 11.5 Å². The number of thiocarbonyl (C=S) groups is 1. The molecule has 0 fully saturated rings. The predicted molar refractivity (Wildman–Crippen MR) is 60.0 cm³/mol. The average Bonchev–Trinajstić information content (AvgIpc) is 2.65. The number of rotatable bonds is 2. The lowest BCUT2D eigenvalue weighted by atomic mass is 10.1. The van der Waals surface area contributed by atoms with Crippen molar-refractivity contribution in [3.05, 3.63) is 29.8 Å². The number of nitrogens with zero attached hydrogens (tertiary/aromatic N) is 2. The van der Waals surface area contributed by atoms with E-state index in [1.165, 1.54) is 0 Å². The van der Waals surface area contributed by atoms with Gasteiger partial charge in [0, 0.05) is 11.1 Å². The third-order valence-corrected chi connectivity index (χ3v) is 2.07. The molecule has 0 saturated carbocycles. The molecule has 5 nitrogen and oxygen atoms in total. The number of nitrogens with two attached hydrogens (primary N) is 2. The molecule has 0 unspecified atom stereocenters. The van der Waals surface area contributed by atoms with Crippen LogP contribution in [0.2, 0.25) is 0 Å². The minimum atomic E-state index is 0.0331. The van der Waals surface area contributed by atoms with E-state index in [9.17, 15) is 0 Å². The van der Waals surface area contributed by atoms with Crippen molar-refractivity contribution in [1.82, 2.24) is 10.2 Å². The molecule has 0 aliphatic carbocycles. The maximum absolute atomic E-state index is 5.51. The zero-order valence-corrected chi connectivity index (χ0v) is 8.49. The molecule has 0 atom stereocenters. The molecule has 15 heavy (non-hydrogen) atoms. The van der Waals surface area contributed by atoms with Crippen molar-refractivity contribution >= 4 is 23.2 Å². The first-order valence-corrected chi connectivity index (χ1v) is 4.57. The molecule has 1 aromatic heterocycles. The number of anilines is 1. The van der Waals surface area contributed by atoms with E-state index in [1.807, 2.05) is 18.2 Å². The molecule has 0 saturated heterocycles. The van der Waals surface area contributed by atoms with Gasteiger partial charge in [-0.2, -0.15) is 0 Å². The molecule has 0 amide bonds. The first-order chi connectivity index (χ1) is 7.16. The molecular weight excluding hydrogens is 212 g/mol. The van der Waals surface area contributed by atoms with Crippen LogP contribution in [0.1, 0.15) is 5.56 Å². The zero-order valence-electron chi connectivity index (χ0n) is 7.68. The summed E-state index contributed by atoms with van der Waals surface area (Å²) in [5, 5.41) is 7.33. The van der Waals surface area contributed by atoms with Gasteiger partial charge in [0.2, 0.25) is 5.89 Å². The Morgan fingerprint density at radius 2 is 2.13 bits per heavy atom. The Balaban J connectivity index is 2.45. The average molecular weight is 220 g/mol. The van der Waals surface area contributed by atoms with Crippen LogP contribution in [-0.2, 0) is 0 Å². The summed E-state index contributed by atoms with van der Waals surface area (Å²) >= 11 is 4.86. The fourth-order valence-electron chi connectivity index (χ4n) is 1.16. The Hall–Kier alpha value is -1.95. The van der Waals surface area contributed by atoms with E-state index in [4.69, 9.17) is 28.1 Å². The van der Waals surface area contributed by atoms with Crippen molar-refractivity contribution in [2.45, 2.75) is 0 Å². The number of aromatic nitrogens is 2. The van der Waals surface area contributed by atoms with Crippen LogP contribution in [0.3, 0.4) is 0 Å². The second-order valence-corrected chi connectivity index (χ2v) is 3.33. The summed E-state index contributed by atoms with van der Waals surface area (Å²) in [6.45, 7) is 0. The molecule has 2 aromatic rings. The summed E-state index contributed by atoms with van der Waals surface area (Å²) < 4.78 is 5.08. The molecule has 76 valence electrons. The van der Waals surface area contributed by atoms with Gasteiger partial charge in [-0.3, -0.25) is 0 Å². The molecule has 2 rings (SSSR count). The molecular formula is C9H8N4OS. The molecule has 0 aliphatic heterocycles. The smallest absolute Gasteiger partial charge is 0.313 e. The normalized spacial score (nSPS) is 10.1. The lowest BCUT2D eigenvalue weighted by molar-refractivity contribution is 0.590. The number of hydrogen-bond acceptors (Lipinski definition) is 5. The van der Waals surface area contributed by atoms with Gasteiger partial charge < -0.3 is 15.9 Å². The summed E-state index contributed by atoms with van der Waals surface area (Å²) in [7, 11) is 0. The standard InChI is InChI=1S/C9H8N4OS/c10-7(15)5-2-1-3-6(4-5)8-12-13-9(11)14-8/h1-4H,(H2,10,15)(H2,11,13). The van der Waals surface area contributed by atoms with Gasteiger partial charge in [-0.1, -0.05) is 29.4 Å². The number of benzene rings is 1. The minimum absolute atomic E-state index is 0.0331. The fourth-order valence-corrected chi connectivity index (χ4v) is 1.28. The predicted octanol–water partition coefficient (Wildman–Crippen LogP) is 0.953. The van der Waals surface area contributed by atoms with Crippen molar-refractivity contribution in [1.29, 1.82) is 0 Å². The van der Waals surface area contributed by atoms with Gasteiger partial charge in [0.05, 0.1) is 0 Å². The van der Waals surface area contributed by atoms with Gasteiger partial charge in [-0.15, -0.1) is 5.10 Å². The Morgan fingerprint density at radius 3 is 2.73 bits per heavy atom. The highest BCUT2D eigenvalue weighted by molar-refractivity contribution is 7.80. The summed E-state index contributed by atoms with van der Waals surface area (Å²) in [6, 6.07) is 7.24. The third kappa shape index (κ3) is 1.94.